The number of hydrogen-bond acceptors (Lipinski definition) is 2. The Hall–Kier alpha value is -1.69. The minimum Gasteiger partial charge on any atom is -0.345 e. The highest BCUT2D eigenvalue weighted by Crippen LogP contribution is 2.25. The van der Waals surface area contributed by atoms with Crippen LogP contribution < -0.4 is 5.32 Å². The van der Waals surface area contributed by atoms with E-state index in [4.69, 9.17) is 11.6 Å². The van der Waals surface area contributed by atoms with E-state index in [-0.39, 0.29) is 23.9 Å². The number of anilines is 1. The number of nitrogens with one attached hydrogen (secondary N) is 1. The number of benzene rings is 1. The highest BCUT2D eigenvalue weighted by atomic mass is 35.5. The van der Waals surface area contributed by atoms with E-state index in [1.807, 2.05) is 0 Å². The molecule has 19 heavy (non-hydrogen) atoms. The van der Waals surface area contributed by atoms with Crippen LogP contribution in [0.15, 0.2) is 12.1 Å². The first-order chi connectivity index (χ1) is 8.88. The van der Waals surface area contributed by atoms with Crippen LogP contribution in [0.4, 0.5) is 14.5 Å². The lowest BCUT2D eigenvalue weighted by Crippen LogP contribution is -2.26. The number of halogens is 3. The minimum absolute atomic E-state index is 0.0408. The van der Waals surface area contributed by atoms with Gasteiger partial charge < -0.3 is 10.2 Å². The first kappa shape index (κ1) is 13.7. The highest BCUT2D eigenvalue weighted by Gasteiger charge is 2.32. The van der Waals surface area contributed by atoms with Gasteiger partial charge in [-0.1, -0.05) is 11.6 Å². The van der Waals surface area contributed by atoms with E-state index < -0.39 is 29.1 Å². The summed E-state index contributed by atoms with van der Waals surface area (Å²) in [5.41, 5.74) is -0.545. The summed E-state index contributed by atoms with van der Waals surface area (Å²) in [6.07, 6.45) is 0.0408. The lowest BCUT2D eigenvalue weighted by Gasteiger charge is -2.12. The molecule has 1 aliphatic heterocycles. The monoisotopic (exact) mass is 288 g/mol. The van der Waals surface area contributed by atoms with Gasteiger partial charge in [0.1, 0.15) is 5.69 Å². The average molecular weight is 289 g/mol. The molecule has 0 saturated carbocycles. The highest BCUT2D eigenvalue weighted by molar-refractivity contribution is 6.30. The van der Waals surface area contributed by atoms with Crippen molar-refractivity contribution in [3.8, 4) is 0 Å². The number of rotatable bonds is 2. The molecule has 1 atom stereocenters. The topological polar surface area (TPSA) is 49.4 Å². The van der Waals surface area contributed by atoms with Gasteiger partial charge in [-0.25, -0.2) is 8.78 Å². The van der Waals surface area contributed by atoms with Gasteiger partial charge in [0.15, 0.2) is 11.6 Å². The normalized spacial score (nSPS) is 18.8. The number of amides is 2. The van der Waals surface area contributed by atoms with E-state index in [9.17, 15) is 18.4 Å². The fourth-order valence-electron chi connectivity index (χ4n) is 1.93. The quantitative estimate of drug-likeness (QED) is 0.905. The third-order valence-electron chi connectivity index (χ3n) is 2.97. The van der Waals surface area contributed by atoms with Gasteiger partial charge >= 0.3 is 0 Å². The van der Waals surface area contributed by atoms with Crippen LogP contribution in [-0.4, -0.2) is 30.3 Å². The molecule has 2 rings (SSSR count). The van der Waals surface area contributed by atoms with Crippen LogP contribution in [0, 0.1) is 17.6 Å². The Morgan fingerprint density at radius 3 is 2.47 bits per heavy atom. The SMILES string of the molecule is CN1CC(C(=O)Nc2c(F)cc(Cl)cc2F)CC1=O. The summed E-state index contributed by atoms with van der Waals surface area (Å²) in [6.45, 7) is 0.238. The van der Waals surface area contributed by atoms with E-state index in [1.165, 1.54) is 4.90 Å². The number of nitrogens with zero attached hydrogens (tertiary/aromatic N) is 1. The van der Waals surface area contributed by atoms with Gasteiger partial charge in [0.2, 0.25) is 11.8 Å². The smallest absolute Gasteiger partial charge is 0.229 e. The van der Waals surface area contributed by atoms with Crippen LogP contribution in [0.25, 0.3) is 0 Å². The summed E-state index contributed by atoms with van der Waals surface area (Å²) in [5.74, 6) is -3.26. The number of carbonyl (C=O) groups excluding carboxylic acids is 2. The predicted octanol–water partition coefficient (Wildman–Crippen LogP) is 2.03. The van der Waals surface area contributed by atoms with Gasteiger partial charge in [-0.3, -0.25) is 9.59 Å². The molecule has 1 aromatic rings. The van der Waals surface area contributed by atoms with Crippen molar-refractivity contribution in [2.45, 2.75) is 6.42 Å². The van der Waals surface area contributed by atoms with E-state index in [0.717, 1.165) is 12.1 Å². The second-order valence-corrected chi connectivity index (χ2v) is 4.85. The second-order valence-electron chi connectivity index (χ2n) is 4.41. The van der Waals surface area contributed by atoms with Gasteiger partial charge in [0.25, 0.3) is 0 Å². The van der Waals surface area contributed by atoms with Crippen molar-refractivity contribution >= 4 is 29.1 Å². The molecule has 1 N–H and O–H groups in total. The van der Waals surface area contributed by atoms with Crippen LogP contribution in [0.1, 0.15) is 6.42 Å². The molecule has 0 bridgehead atoms. The molecule has 102 valence electrons. The summed E-state index contributed by atoms with van der Waals surface area (Å²) in [5, 5.41) is 2.07. The summed E-state index contributed by atoms with van der Waals surface area (Å²) in [7, 11) is 1.57. The van der Waals surface area contributed by atoms with Crippen molar-refractivity contribution < 1.29 is 18.4 Å². The predicted molar refractivity (Wildman–Crippen MR) is 65.7 cm³/mol. The van der Waals surface area contributed by atoms with Crippen molar-refractivity contribution in [1.29, 1.82) is 0 Å². The van der Waals surface area contributed by atoms with Crippen molar-refractivity contribution in [3.63, 3.8) is 0 Å². The van der Waals surface area contributed by atoms with E-state index >= 15 is 0 Å². The molecule has 2 amide bonds. The molecule has 1 heterocycles. The Morgan fingerprint density at radius 1 is 1.42 bits per heavy atom. The number of likely N-dealkylation sites (tertiary alicyclic amines) is 1. The first-order valence-corrected chi connectivity index (χ1v) is 5.95. The van der Waals surface area contributed by atoms with Crippen LogP contribution in [0.5, 0.6) is 0 Å². The van der Waals surface area contributed by atoms with Crippen molar-refractivity contribution in [1.82, 2.24) is 4.90 Å². The molecular weight excluding hydrogens is 278 g/mol. The maximum absolute atomic E-state index is 13.5. The summed E-state index contributed by atoms with van der Waals surface area (Å²) < 4.78 is 27.0. The minimum atomic E-state index is -0.948. The molecule has 7 heteroatoms. The van der Waals surface area contributed by atoms with Gasteiger partial charge in [0, 0.05) is 25.0 Å². The zero-order chi connectivity index (χ0) is 14.2. The van der Waals surface area contributed by atoms with Crippen LogP contribution in [-0.2, 0) is 9.59 Å². The molecule has 1 fully saturated rings. The molecule has 1 unspecified atom stereocenters. The molecule has 0 aliphatic carbocycles. The third-order valence-corrected chi connectivity index (χ3v) is 3.19. The lowest BCUT2D eigenvalue weighted by molar-refractivity contribution is -0.127. The largest absolute Gasteiger partial charge is 0.345 e. The van der Waals surface area contributed by atoms with Gasteiger partial charge in [-0.05, 0) is 12.1 Å². The van der Waals surface area contributed by atoms with E-state index in [1.54, 1.807) is 7.05 Å². The Balaban J connectivity index is 2.14. The fraction of sp³-hybridized carbons (Fsp3) is 0.333. The van der Waals surface area contributed by atoms with E-state index in [0.29, 0.717) is 0 Å². The maximum atomic E-state index is 13.5. The van der Waals surface area contributed by atoms with Gasteiger partial charge in [-0.15, -0.1) is 0 Å². The van der Waals surface area contributed by atoms with Crippen molar-refractivity contribution in [2.24, 2.45) is 5.92 Å². The number of hydrogen-bond donors (Lipinski definition) is 1. The molecule has 0 radical (unpaired) electrons. The summed E-state index contributed by atoms with van der Waals surface area (Å²) in [6, 6.07) is 1.82. The Bertz CT molecular complexity index is 528. The number of carbonyl (C=O) groups is 2. The lowest BCUT2D eigenvalue weighted by atomic mass is 10.1. The summed E-state index contributed by atoms with van der Waals surface area (Å²) in [4.78, 5) is 24.5. The molecule has 1 saturated heterocycles. The Kier molecular flexibility index (Phi) is 3.71. The Morgan fingerprint density at radius 2 is 2.00 bits per heavy atom. The van der Waals surface area contributed by atoms with Crippen LogP contribution >= 0.6 is 11.6 Å². The summed E-state index contributed by atoms with van der Waals surface area (Å²) >= 11 is 5.48. The third kappa shape index (κ3) is 2.84. The second kappa shape index (κ2) is 5.13. The van der Waals surface area contributed by atoms with E-state index in [2.05, 4.69) is 5.32 Å². The molecule has 0 spiro atoms. The zero-order valence-electron chi connectivity index (χ0n) is 10.0. The first-order valence-electron chi connectivity index (χ1n) is 5.58. The molecule has 1 aromatic carbocycles. The van der Waals surface area contributed by atoms with Gasteiger partial charge in [-0.2, -0.15) is 0 Å². The molecule has 0 aromatic heterocycles. The maximum Gasteiger partial charge on any atom is 0.229 e. The average Bonchev–Trinajstić information content (AvgIpc) is 2.64. The zero-order valence-corrected chi connectivity index (χ0v) is 10.8. The Labute approximate surface area is 113 Å². The fourth-order valence-corrected chi connectivity index (χ4v) is 2.12. The van der Waals surface area contributed by atoms with Crippen LogP contribution in [0.3, 0.4) is 0 Å². The van der Waals surface area contributed by atoms with Crippen molar-refractivity contribution in [3.05, 3.63) is 28.8 Å². The molecule has 4 nitrogen and oxygen atoms in total. The molecular formula is C12H11ClF2N2O2. The standard InChI is InChI=1S/C12H11ClF2N2O2/c1-17-5-6(2-10(17)18)12(19)16-11-8(14)3-7(13)4-9(11)15/h3-4,6H,2,5H2,1H3,(H,16,19). The molecule has 1 aliphatic rings. The van der Waals surface area contributed by atoms with Crippen molar-refractivity contribution in [2.75, 3.05) is 18.9 Å². The van der Waals surface area contributed by atoms with Crippen LogP contribution in [0.2, 0.25) is 5.02 Å². The van der Waals surface area contributed by atoms with Gasteiger partial charge in [0.05, 0.1) is 5.92 Å².